The first kappa shape index (κ1) is 22.2. The van der Waals surface area contributed by atoms with Crippen LogP contribution in [0.2, 0.25) is 0 Å². The standard InChI is InChI=1S/C27H27N4O2PS/c35-27(29-22-14-8-3-9-15-22)28-16-17-34-30-23(20-10-4-1-5-11-20)18-32-25(30)26-31(34)24(19-33-26)21-12-6-2-7-13-21/h1-15,23-24H,16-19H2,(H2,28,29,35)/t23-,24-/m1/s1. The molecule has 3 heterocycles. The van der Waals surface area contributed by atoms with Crippen molar-refractivity contribution in [3.05, 3.63) is 114 Å². The molecular weight excluding hydrogens is 475 g/mol. The van der Waals surface area contributed by atoms with Gasteiger partial charge in [0.15, 0.2) is 5.11 Å². The Labute approximate surface area is 212 Å². The zero-order valence-corrected chi connectivity index (χ0v) is 20.9. The quantitative estimate of drug-likeness (QED) is 0.338. The van der Waals surface area contributed by atoms with Gasteiger partial charge in [0.25, 0.3) is 11.8 Å². The van der Waals surface area contributed by atoms with E-state index in [0.29, 0.717) is 18.3 Å². The van der Waals surface area contributed by atoms with Gasteiger partial charge in [-0.05, 0) is 35.5 Å². The van der Waals surface area contributed by atoms with Crippen molar-refractivity contribution in [1.29, 1.82) is 0 Å². The fourth-order valence-electron chi connectivity index (χ4n) is 4.83. The van der Waals surface area contributed by atoms with Crippen LogP contribution in [0.25, 0.3) is 0 Å². The second-order valence-corrected chi connectivity index (χ2v) is 11.1. The summed E-state index contributed by atoms with van der Waals surface area (Å²) in [6.45, 7) is 2.02. The van der Waals surface area contributed by atoms with Crippen molar-refractivity contribution in [2.45, 2.75) is 12.1 Å². The summed E-state index contributed by atoms with van der Waals surface area (Å²) in [6, 6.07) is 31.6. The van der Waals surface area contributed by atoms with Gasteiger partial charge in [0.2, 0.25) is 0 Å². The summed E-state index contributed by atoms with van der Waals surface area (Å²) in [5, 5.41) is 7.31. The van der Waals surface area contributed by atoms with Crippen LogP contribution < -0.4 is 10.6 Å². The molecule has 35 heavy (non-hydrogen) atoms. The molecule has 0 unspecified atom stereocenters. The van der Waals surface area contributed by atoms with Gasteiger partial charge in [0.05, 0.1) is 12.1 Å². The van der Waals surface area contributed by atoms with Gasteiger partial charge in [0, 0.05) is 18.4 Å². The topological polar surface area (TPSA) is 49.0 Å². The maximum atomic E-state index is 6.28. The van der Waals surface area contributed by atoms with Crippen LogP contribution in [0.4, 0.5) is 5.69 Å². The molecule has 178 valence electrons. The Bertz CT molecular complexity index is 1150. The number of rotatable bonds is 6. The first-order chi connectivity index (χ1) is 17.3. The van der Waals surface area contributed by atoms with Crippen molar-refractivity contribution in [3.63, 3.8) is 0 Å². The number of nitrogens with one attached hydrogen (secondary N) is 2. The highest BCUT2D eigenvalue weighted by Gasteiger charge is 2.54. The highest BCUT2D eigenvalue weighted by atomic mass is 32.1. The van der Waals surface area contributed by atoms with Crippen LogP contribution in [0, 0.1) is 0 Å². The fourth-order valence-corrected chi connectivity index (χ4v) is 7.75. The summed E-state index contributed by atoms with van der Waals surface area (Å²) in [5.41, 5.74) is 3.52. The van der Waals surface area contributed by atoms with Crippen LogP contribution in [0.3, 0.4) is 0 Å². The molecule has 3 aliphatic rings. The minimum absolute atomic E-state index is 0.171. The predicted octanol–water partition coefficient (Wildman–Crippen LogP) is 5.57. The summed E-state index contributed by atoms with van der Waals surface area (Å²) in [6.07, 6.45) is 0.915. The van der Waals surface area contributed by atoms with Crippen LogP contribution >= 0.6 is 20.4 Å². The Morgan fingerprint density at radius 2 is 1.26 bits per heavy atom. The van der Waals surface area contributed by atoms with E-state index in [4.69, 9.17) is 21.7 Å². The van der Waals surface area contributed by atoms with Crippen LogP contribution in [0.1, 0.15) is 23.2 Å². The summed E-state index contributed by atoms with van der Waals surface area (Å²) in [7, 11) is -0.749. The number of para-hydroxylation sites is 1. The van der Waals surface area contributed by atoms with E-state index in [1.807, 2.05) is 30.3 Å². The van der Waals surface area contributed by atoms with Crippen LogP contribution in [-0.2, 0) is 9.47 Å². The van der Waals surface area contributed by atoms with E-state index in [0.717, 1.165) is 30.2 Å². The van der Waals surface area contributed by atoms with Crippen molar-refractivity contribution in [3.8, 4) is 0 Å². The highest BCUT2D eigenvalue weighted by molar-refractivity contribution is 7.80. The molecule has 0 radical (unpaired) electrons. The van der Waals surface area contributed by atoms with E-state index in [2.05, 4.69) is 80.6 Å². The number of thiocarbonyl (C=S) groups is 1. The zero-order chi connectivity index (χ0) is 23.6. The second-order valence-electron chi connectivity index (χ2n) is 8.62. The number of anilines is 1. The minimum Gasteiger partial charge on any atom is -0.472 e. The van der Waals surface area contributed by atoms with Gasteiger partial charge in [-0.15, -0.1) is 0 Å². The third kappa shape index (κ3) is 4.30. The van der Waals surface area contributed by atoms with Crippen molar-refractivity contribution < 1.29 is 9.47 Å². The van der Waals surface area contributed by atoms with Crippen molar-refractivity contribution in [2.24, 2.45) is 0 Å². The lowest BCUT2D eigenvalue weighted by molar-refractivity contribution is 0.189. The Balaban J connectivity index is 1.23. The summed E-state index contributed by atoms with van der Waals surface area (Å²) >= 11 is 5.56. The van der Waals surface area contributed by atoms with Crippen molar-refractivity contribution in [2.75, 3.05) is 31.2 Å². The number of ether oxygens (including phenoxy) is 2. The third-order valence-electron chi connectivity index (χ3n) is 6.44. The maximum Gasteiger partial charge on any atom is 0.257 e. The van der Waals surface area contributed by atoms with Gasteiger partial charge < -0.3 is 20.1 Å². The average Bonchev–Trinajstić information content (AvgIpc) is 3.59. The van der Waals surface area contributed by atoms with E-state index >= 15 is 0 Å². The molecule has 3 aliphatic heterocycles. The summed E-state index contributed by atoms with van der Waals surface area (Å²) in [4.78, 5) is 0. The second kappa shape index (κ2) is 9.76. The molecule has 0 amide bonds. The van der Waals surface area contributed by atoms with E-state index in [1.165, 1.54) is 11.1 Å². The molecule has 3 aromatic carbocycles. The molecule has 6 nitrogen and oxygen atoms in total. The van der Waals surface area contributed by atoms with E-state index in [-0.39, 0.29) is 12.1 Å². The molecule has 2 atom stereocenters. The Hall–Kier alpha value is -3.28. The van der Waals surface area contributed by atoms with Gasteiger partial charge >= 0.3 is 0 Å². The van der Waals surface area contributed by atoms with Crippen LogP contribution in [-0.4, -0.2) is 40.4 Å². The summed E-state index contributed by atoms with van der Waals surface area (Å²) < 4.78 is 17.5. The average molecular weight is 503 g/mol. The number of fused-ring (bicyclic) bond motifs is 2. The molecule has 0 aliphatic carbocycles. The first-order valence-electron chi connectivity index (χ1n) is 11.8. The predicted molar refractivity (Wildman–Crippen MR) is 143 cm³/mol. The van der Waals surface area contributed by atoms with E-state index in [9.17, 15) is 0 Å². The Morgan fingerprint density at radius 3 is 1.77 bits per heavy atom. The number of nitrogens with zero attached hydrogens (tertiary/aromatic N) is 2. The molecular formula is C27H27N4O2PS. The van der Waals surface area contributed by atoms with E-state index in [1.54, 1.807) is 0 Å². The lowest BCUT2D eigenvalue weighted by atomic mass is 10.1. The lowest BCUT2D eigenvalue weighted by Gasteiger charge is -2.35. The Kier molecular flexibility index (Phi) is 6.19. The minimum atomic E-state index is -0.749. The van der Waals surface area contributed by atoms with E-state index < -0.39 is 8.22 Å². The van der Waals surface area contributed by atoms with Gasteiger partial charge in [-0.25, -0.2) is 0 Å². The zero-order valence-electron chi connectivity index (χ0n) is 19.2. The molecule has 8 heteroatoms. The maximum absolute atomic E-state index is 6.28. The van der Waals surface area contributed by atoms with Crippen molar-refractivity contribution in [1.82, 2.24) is 14.7 Å². The molecule has 2 fully saturated rings. The fraction of sp³-hybridized carbons (Fsp3) is 0.222. The van der Waals surface area contributed by atoms with Gasteiger partial charge in [-0.2, -0.15) is 0 Å². The lowest BCUT2D eigenvalue weighted by Crippen LogP contribution is -2.33. The van der Waals surface area contributed by atoms with Gasteiger partial charge in [-0.1, -0.05) is 78.9 Å². The molecule has 3 aromatic rings. The first-order valence-corrected chi connectivity index (χ1v) is 13.7. The number of hydrogen-bond donors (Lipinski definition) is 2. The van der Waals surface area contributed by atoms with Crippen LogP contribution in [0.5, 0.6) is 0 Å². The van der Waals surface area contributed by atoms with Gasteiger partial charge in [0.1, 0.15) is 21.4 Å². The van der Waals surface area contributed by atoms with Crippen molar-refractivity contribution >= 4 is 31.2 Å². The molecule has 6 rings (SSSR count). The molecule has 0 aromatic heterocycles. The molecule has 0 bridgehead atoms. The molecule has 2 N–H and O–H groups in total. The normalized spacial score (nSPS) is 20.8. The van der Waals surface area contributed by atoms with Gasteiger partial charge in [-0.3, -0.25) is 9.34 Å². The monoisotopic (exact) mass is 502 g/mol. The summed E-state index contributed by atoms with van der Waals surface area (Å²) in [5.74, 6) is 1.77. The SMILES string of the molecule is S=C(NCCP1N2C(=C3OC[C@H](c4ccccc4)N31)OC[C@@H]2c1ccccc1)Nc1ccccc1. The number of hydrogen-bond acceptors (Lipinski definition) is 5. The molecule has 0 spiro atoms. The molecule has 0 saturated carbocycles. The molecule has 2 saturated heterocycles. The Morgan fingerprint density at radius 1 is 0.771 bits per heavy atom. The van der Waals surface area contributed by atoms with Crippen LogP contribution in [0.15, 0.2) is 103 Å². The smallest absolute Gasteiger partial charge is 0.257 e. The third-order valence-corrected chi connectivity index (χ3v) is 9.23. The largest absolute Gasteiger partial charge is 0.472 e. The highest BCUT2D eigenvalue weighted by Crippen LogP contribution is 2.66. The number of benzene rings is 3.